The summed E-state index contributed by atoms with van der Waals surface area (Å²) in [6, 6.07) is 10.1. The fraction of sp³-hybridized carbons (Fsp3) is 0.333. The Labute approximate surface area is 157 Å². The van der Waals surface area contributed by atoms with E-state index >= 15 is 0 Å². The van der Waals surface area contributed by atoms with E-state index in [2.05, 4.69) is 9.88 Å². The van der Waals surface area contributed by atoms with E-state index in [0.29, 0.717) is 29.6 Å². The number of piperidine rings is 1. The molecule has 1 fully saturated rings. The van der Waals surface area contributed by atoms with Crippen LogP contribution in [0.2, 0.25) is 0 Å². The average molecular weight is 367 g/mol. The smallest absolute Gasteiger partial charge is 0.148 e. The van der Waals surface area contributed by atoms with Crippen LogP contribution in [0.25, 0.3) is 22.2 Å². The molecule has 1 N–H and O–H groups in total. The van der Waals surface area contributed by atoms with Gasteiger partial charge in [-0.25, -0.2) is 14.4 Å². The zero-order valence-electron chi connectivity index (χ0n) is 15.4. The molecule has 0 bridgehead atoms. The van der Waals surface area contributed by atoms with Crippen LogP contribution in [-0.4, -0.2) is 40.9 Å². The van der Waals surface area contributed by atoms with Gasteiger partial charge in [-0.1, -0.05) is 12.1 Å². The summed E-state index contributed by atoms with van der Waals surface area (Å²) in [5.41, 5.74) is 2.53. The Morgan fingerprint density at radius 1 is 1.07 bits per heavy atom. The second-order valence-electron chi connectivity index (χ2n) is 7.23. The fourth-order valence-electron chi connectivity index (χ4n) is 3.46. The van der Waals surface area contributed by atoms with Crippen molar-refractivity contribution in [3.8, 4) is 16.9 Å². The van der Waals surface area contributed by atoms with Crippen LogP contribution in [0.5, 0.6) is 5.75 Å². The number of aliphatic hydroxyl groups is 1. The van der Waals surface area contributed by atoms with Crippen molar-refractivity contribution in [2.45, 2.75) is 25.4 Å². The Hall–Kier alpha value is -2.73. The molecule has 0 unspecified atom stereocenters. The molecule has 0 aliphatic carbocycles. The first-order chi connectivity index (χ1) is 13.0. The SMILES string of the molecule is COc1ccc(-c2ccc(F)cc2)c2ncc(N3CCC(C)(O)CC3)nc12. The van der Waals surface area contributed by atoms with Gasteiger partial charge in [-0.15, -0.1) is 0 Å². The van der Waals surface area contributed by atoms with E-state index in [-0.39, 0.29) is 5.82 Å². The van der Waals surface area contributed by atoms with Gasteiger partial charge in [0.15, 0.2) is 0 Å². The quantitative estimate of drug-likeness (QED) is 0.763. The third-order valence-electron chi connectivity index (χ3n) is 5.19. The van der Waals surface area contributed by atoms with E-state index < -0.39 is 5.60 Å². The second kappa shape index (κ2) is 6.78. The first-order valence-electron chi connectivity index (χ1n) is 9.04. The first-order valence-corrected chi connectivity index (χ1v) is 9.04. The maximum atomic E-state index is 13.3. The summed E-state index contributed by atoms with van der Waals surface area (Å²) in [5, 5.41) is 10.2. The second-order valence-corrected chi connectivity index (χ2v) is 7.23. The highest BCUT2D eigenvalue weighted by Crippen LogP contribution is 2.34. The van der Waals surface area contributed by atoms with Crippen molar-refractivity contribution < 1.29 is 14.2 Å². The lowest BCUT2D eigenvalue weighted by Crippen LogP contribution is -2.42. The zero-order chi connectivity index (χ0) is 19.0. The zero-order valence-corrected chi connectivity index (χ0v) is 15.4. The summed E-state index contributed by atoms with van der Waals surface area (Å²) in [5.74, 6) is 1.15. The predicted molar refractivity (Wildman–Crippen MR) is 104 cm³/mol. The van der Waals surface area contributed by atoms with E-state index in [4.69, 9.17) is 9.72 Å². The standard InChI is InChI=1S/C21H22FN3O2/c1-21(26)9-11-25(12-10-21)18-13-23-19-16(14-3-5-15(22)6-4-14)7-8-17(27-2)20(19)24-18/h3-8,13,26H,9-12H2,1-2H3. The summed E-state index contributed by atoms with van der Waals surface area (Å²) < 4.78 is 18.8. The van der Waals surface area contributed by atoms with Crippen molar-refractivity contribution in [1.29, 1.82) is 0 Å². The molecule has 1 aromatic heterocycles. The van der Waals surface area contributed by atoms with Crippen LogP contribution >= 0.6 is 0 Å². The molecule has 0 atom stereocenters. The van der Waals surface area contributed by atoms with Gasteiger partial charge in [-0.2, -0.15) is 0 Å². The highest BCUT2D eigenvalue weighted by Gasteiger charge is 2.28. The molecule has 1 aliphatic heterocycles. The minimum absolute atomic E-state index is 0.272. The molecule has 1 saturated heterocycles. The Bertz CT molecular complexity index is 963. The molecule has 0 spiro atoms. The Kier molecular flexibility index (Phi) is 4.44. The van der Waals surface area contributed by atoms with Crippen molar-refractivity contribution in [3.63, 3.8) is 0 Å². The van der Waals surface area contributed by atoms with Gasteiger partial charge in [0.25, 0.3) is 0 Å². The molecule has 6 heteroatoms. The van der Waals surface area contributed by atoms with Crippen molar-refractivity contribution in [3.05, 3.63) is 48.4 Å². The van der Waals surface area contributed by atoms with Crippen LogP contribution in [-0.2, 0) is 0 Å². The number of nitrogens with zero attached hydrogens (tertiary/aromatic N) is 3. The van der Waals surface area contributed by atoms with Gasteiger partial charge >= 0.3 is 0 Å². The highest BCUT2D eigenvalue weighted by molar-refractivity contribution is 5.95. The van der Waals surface area contributed by atoms with Gasteiger partial charge in [0.05, 0.1) is 18.9 Å². The molecule has 0 amide bonds. The minimum Gasteiger partial charge on any atom is -0.494 e. The first kappa shape index (κ1) is 17.7. The fourth-order valence-corrected chi connectivity index (χ4v) is 3.46. The van der Waals surface area contributed by atoms with Gasteiger partial charge in [-0.05, 0) is 49.6 Å². The largest absolute Gasteiger partial charge is 0.494 e. The molecule has 3 aromatic rings. The third kappa shape index (κ3) is 3.45. The molecule has 5 nitrogen and oxygen atoms in total. The van der Waals surface area contributed by atoms with E-state index in [1.165, 1.54) is 12.1 Å². The number of anilines is 1. The van der Waals surface area contributed by atoms with Gasteiger partial charge in [0, 0.05) is 18.7 Å². The average Bonchev–Trinajstić information content (AvgIpc) is 2.67. The van der Waals surface area contributed by atoms with Gasteiger partial charge in [0.2, 0.25) is 0 Å². The molecule has 1 aliphatic rings. The highest BCUT2D eigenvalue weighted by atomic mass is 19.1. The number of rotatable bonds is 3. The summed E-state index contributed by atoms with van der Waals surface area (Å²) in [4.78, 5) is 11.6. The normalized spacial score (nSPS) is 16.5. The summed E-state index contributed by atoms with van der Waals surface area (Å²) in [6.45, 7) is 3.33. The number of fused-ring (bicyclic) bond motifs is 1. The third-order valence-corrected chi connectivity index (χ3v) is 5.19. The maximum absolute atomic E-state index is 13.3. The molecule has 27 heavy (non-hydrogen) atoms. The van der Waals surface area contributed by atoms with E-state index in [0.717, 1.165) is 30.0 Å². The number of hydrogen-bond donors (Lipinski definition) is 1. The number of benzene rings is 2. The van der Waals surface area contributed by atoms with Crippen LogP contribution < -0.4 is 9.64 Å². The van der Waals surface area contributed by atoms with Crippen LogP contribution in [0.1, 0.15) is 19.8 Å². The number of ether oxygens (including phenoxy) is 1. The monoisotopic (exact) mass is 367 g/mol. The molecule has 2 aromatic carbocycles. The molecule has 2 heterocycles. The Morgan fingerprint density at radius 3 is 2.44 bits per heavy atom. The van der Waals surface area contributed by atoms with E-state index in [9.17, 15) is 9.50 Å². The number of halogens is 1. The van der Waals surface area contributed by atoms with Gasteiger partial charge in [0.1, 0.15) is 28.4 Å². The lowest BCUT2D eigenvalue weighted by Gasteiger charge is -2.36. The lowest BCUT2D eigenvalue weighted by molar-refractivity contribution is 0.0350. The Morgan fingerprint density at radius 2 is 1.78 bits per heavy atom. The van der Waals surface area contributed by atoms with Gasteiger partial charge in [-0.3, -0.25) is 0 Å². The van der Waals surface area contributed by atoms with Crippen molar-refractivity contribution in [2.24, 2.45) is 0 Å². The van der Waals surface area contributed by atoms with Crippen LogP contribution in [0.4, 0.5) is 10.2 Å². The number of aromatic nitrogens is 2. The van der Waals surface area contributed by atoms with Crippen LogP contribution in [0.3, 0.4) is 0 Å². The van der Waals surface area contributed by atoms with Crippen LogP contribution in [0.15, 0.2) is 42.6 Å². The maximum Gasteiger partial charge on any atom is 0.148 e. The molecule has 140 valence electrons. The van der Waals surface area contributed by atoms with E-state index in [1.54, 1.807) is 25.4 Å². The van der Waals surface area contributed by atoms with Gasteiger partial charge < -0.3 is 14.7 Å². The Balaban J connectivity index is 1.77. The molecule has 0 radical (unpaired) electrons. The molecule has 4 rings (SSSR count). The molecular weight excluding hydrogens is 345 g/mol. The summed E-state index contributed by atoms with van der Waals surface area (Å²) in [7, 11) is 1.61. The molecular formula is C21H22FN3O2. The lowest BCUT2D eigenvalue weighted by atomic mass is 9.94. The van der Waals surface area contributed by atoms with Crippen LogP contribution in [0, 0.1) is 5.82 Å². The van der Waals surface area contributed by atoms with Crippen molar-refractivity contribution in [1.82, 2.24) is 9.97 Å². The minimum atomic E-state index is -0.617. The van der Waals surface area contributed by atoms with E-state index in [1.807, 2.05) is 19.1 Å². The van der Waals surface area contributed by atoms with Crippen molar-refractivity contribution in [2.75, 3.05) is 25.1 Å². The number of methoxy groups -OCH3 is 1. The summed E-state index contributed by atoms with van der Waals surface area (Å²) >= 11 is 0. The topological polar surface area (TPSA) is 58.5 Å². The number of hydrogen-bond acceptors (Lipinski definition) is 5. The van der Waals surface area contributed by atoms with Crippen molar-refractivity contribution >= 4 is 16.9 Å². The predicted octanol–water partition coefficient (Wildman–Crippen LogP) is 3.80. The molecule has 0 saturated carbocycles. The summed E-state index contributed by atoms with van der Waals surface area (Å²) in [6.07, 6.45) is 3.15.